The van der Waals surface area contributed by atoms with Crippen molar-refractivity contribution in [1.29, 1.82) is 0 Å². The van der Waals surface area contributed by atoms with Gasteiger partial charge in [0.25, 0.3) is 0 Å². The van der Waals surface area contributed by atoms with E-state index >= 15 is 0 Å². The number of nitrogens with zero attached hydrogens (tertiary/aromatic N) is 6. The van der Waals surface area contributed by atoms with E-state index in [1.807, 2.05) is 73.2 Å². The molecule has 0 amide bonds. The van der Waals surface area contributed by atoms with Gasteiger partial charge in [-0.25, -0.2) is 0 Å². The predicted octanol–water partition coefficient (Wildman–Crippen LogP) is 21.8. The van der Waals surface area contributed by atoms with E-state index < -0.39 is 0 Å². The second kappa shape index (κ2) is 29.3. The molecule has 88 heavy (non-hydrogen) atoms. The molecule has 0 saturated carbocycles. The molecular weight excluding hydrogens is 1250 g/mol. The van der Waals surface area contributed by atoms with E-state index in [1.54, 1.807) is 0 Å². The zero-order valence-electron chi connectivity index (χ0n) is 53.0. The van der Waals surface area contributed by atoms with Crippen molar-refractivity contribution in [3.63, 3.8) is 0 Å². The Bertz CT molecular complexity index is 3620. The van der Waals surface area contributed by atoms with Gasteiger partial charge < -0.3 is 13.7 Å². The van der Waals surface area contributed by atoms with Gasteiger partial charge in [0, 0.05) is 54.2 Å². The Morgan fingerprint density at radius 1 is 0.273 bits per heavy atom. The molecule has 12 rings (SSSR count). The first-order valence-corrected chi connectivity index (χ1v) is 30.9. The van der Waals surface area contributed by atoms with Crippen molar-refractivity contribution in [1.82, 2.24) is 28.7 Å². The molecule has 12 aromatic rings. The molecule has 7 heteroatoms. The fourth-order valence-electron chi connectivity index (χ4n) is 11.6. The van der Waals surface area contributed by atoms with Crippen LogP contribution in [0.4, 0.5) is 0 Å². The zero-order chi connectivity index (χ0) is 61.1. The molecule has 0 saturated heterocycles. The second-order valence-corrected chi connectivity index (χ2v) is 24.2. The Balaban J connectivity index is 0.000000156. The Morgan fingerprint density at radius 3 is 0.682 bits per heavy atom. The number of rotatable bonds is 15. The van der Waals surface area contributed by atoms with E-state index in [2.05, 4.69) is 294 Å². The van der Waals surface area contributed by atoms with Crippen LogP contribution in [0.1, 0.15) is 152 Å². The normalized spacial score (nSPS) is 11.2. The fraction of sp³-hybridized carbons (Fsp3) is 0.222. The molecule has 0 radical (unpaired) electrons. The first-order valence-electron chi connectivity index (χ1n) is 30.9. The molecule has 0 fully saturated rings. The Kier molecular flexibility index (Phi) is 21.2. The Labute approximate surface area is 537 Å². The van der Waals surface area contributed by atoms with E-state index in [0.29, 0.717) is 35.5 Å². The van der Waals surface area contributed by atoms with Gasteiger partial charge in [0.2, 0.25) is 0 Å². The molecule has 3 heterocycles. The van der Waals surface area contributed by atoms with Gasteiger partial charge in [0.15, 0.2) is 0 Å². The summed E-state index contributed by atoms with van der Waals surface area (Å²) in [6, 6.07) is 80.1. The summed E-state index contributed by atoms with van der Waals surface area (Å²) >= 11 is 0. The van der Waals surface area contributed by atoms with Gasteiger partial charge in [-0.1, -0.05) is 174 Å². The van der Waals surface area contributed by atoms with Crippen LogP contribution in [-0.2, 0) is 20.1 Å². The summed E-state index contributed by atoms with van der Waals surface area (Å²) in [4.78, 5) is 14.0. The van der Waals surface area contributed by atoms with Crippen molar-refractivity contribution in [3.8, 4) is 84.6 Å². The maximum absolute atomic E-state index is 4.68. The Morgan fingerprint density at radius 2 is 0.489 bits per heavy atom. The smallest absolute Gasteiger partial charge is 0.340 e. The van der Waals surface area contributed by atoms with Crippen molar-refractivity contribution in [3.05, 3.63) is 289 Å². The fourth-order valence-corrected chi connectivity index (χ4v) is 11.6. The van der Waals surface area contributed by atoms with Crippen LogP contribution in [0.5, 0.6) is 0 Å². The van der Waals surface area contributed by atoms with Crippen LogP contribution in [0.25, 0.3) is 84.6 Å². The van der Waals surface area contributed by atoms with Crippen molar-refractivity contribution in [2.45, 2.75) is 119 Å². The SMILES string of the molecule is CC(C)c1cc(-c2ccccc2)cc(C(C)C)c1-n1ccnc1-c1[c-]cccc1.CC(C)c1cc(-c2ccccc2)cc(C(C)C)c1-n1ccnc1-c1[c-]cccc1.CC(C)c1cc(-c2ccccc2)cc(C(C)C)c1-n1ccnc1-c1[c-]cccc1.[Ir+3]. The van der Waals surface area contributed by atoms with Gasteiger partial charge in [0.1, 0.15) is 0 Å². The van der Waals surface area contributed by atoms with Crippen LogP contribution < -0.4 is 0 Å². The predicted molar refractivity (Wildman–Crippen MR) is 364 cm³/mol. The standard InChI is InChI=1S/3C27H27N2.Ir/c3*1-19(2)24-17-23(21-11-7-5-8-12-21)18-25(20(3)4)26(24)29-16-15-28-27(29)22-13-9-6-10-14-22;/h3*5-13,15-20H,1-4H3;/q3*-1;+3. The summed E-state index contributed by atoms with van der Waals surface area (Å²) in [5.74, 6) is 5.14. The number of hydrogen-bond acceptors (Lipinski definition) is 3. The quantitative estimate of drug-likeness (QED) is 0.0961. The first kappa shape index (κ1) is 63.8. The Hall–Kier alpha value is -8.74. The van der Waals surface area contributed by atoms with Crippen molar-refractivity contribution in [2.75, 3.05) is 0 Å². The van der Waals surface area contributed by atoms with Gasteiger partial charge >= 0.3 is 20.1 Å². The molecule has 0 bridgehead atoms. The monoisotopic (exact) mass is 1330 g/mol. The molecule has 3 aromatic heterocycles. The number of imidazole rings is 3. The molecule has 0 N–H and O–H groups in total. The molecule has 0 aliphatic heterocycles. The average molecular weight is 1330 g/mol. The third-order valence-corrected chi connectivity index (χ3v) is 16.1. The van der Waals surface area contributed by atoms with Gasteiger partial charge in [-0.05, 0) is 139 Å². The average Bonchev–Trinajstić information content (AvgIpc) is 1.56. The third kappa shape index (κ3) is 14.3. The molecule has 9 aromatic carbocycles. The van der Waals surface area contributed by atoms with Gasteiger partial charge in [-0.2, -0.15) is 0 Å². The van der Waals surface area contributed by atoms with E-state index in [4.69, 9.17) is 0 Å². The topological polar surface area (TPSA) is 53.5 Å². The van der Waals surface area contributed by atoms with Crippen LogP contribution in [0.15, 0.2) is 237 Å². The molecule has 444 valence electrons. The second-order valence-electron chi connectivity index (χ2n) is 24.2. The van der Waals surface area contributed by atoms with Crippen LogP contribution in [0, 0.1) is 18.2 Å². The zero-order valence-corrected chi connectivity index (χ0v) is 55.4. The maximum Gasteiger partial charge on any atom is 3.00 e. The van der Waals surface area contributed by atoms with E-state index in [9.17, 15) is 0 Å². The number of hydrogen-bond donors (Lipinski definition) is 0. The summed E-state index contributed by atoms with van der Waals surface area (Å²) in [6.07, 6.45) is 11.9. The maximum atomic E-state index is 4.68. The first-order chi connectivity index (χ1) is 42.2. The molecule has 0 aliphatic carbocycles. The van der Waals surface area contributed by atoms with Crippen LogP contribution >= 0.6 is 0 Å². The summed E-state index contributed by atoms with van der Waals surface area (Å²) in [5.41, 5.74) is 22.4. The minimum absolute atomic E-state index is 0. The van der Waals surface area contributed by atoms with E-state index in [1.165, 1.54) is 83.8 Å². The summed E-state index contributed by atoms with van der Waals surface area (Å²) in [6.45, 7) is 27.2. The molecule has 0 atom stereocenters. The van der Waals surface area contributed by atoms with Gasteiger partial charge in [0.05, 0.1) is 17.5 Å². The minimum atomic E-state index is 0. The molecule has 0 spiro atoms. The largest absolute Gasteiger partial charge is 3.00 e. The summed E-state index contributed by atoms with van der Waals surface area (Å²) < 4.78 is 6.72. The van der Waals surface area contributed by atoms with E-state index in [0.717, 1.165) is 34.2 Å². The molecule has 0 unspecified atom stereocenters. The van der Waals surface area contributed by atoms with Crippen molar-refractivity contribution < 1.29 is 20.1 Å². The molecule has 0 aliphatic rings. The molecule has 6 nitrogen and oxygen atoms in total. The van der Waals surface area contributed by atoms with Crippen LogP contribution in [0.3, 0.4) is 0 Å². The summed E-state index contributed by atoms with van der Waals surface area (Å²) in [7, 11) is 0. The number of aromatic nitrogens is 6. The minimum Gasteiger partial charge on any atom is -0.340 e. The van der Waals surface area contributed by atoms with Crippen LogP contribution in [-0.4, -0.2) is 28.7 Å². The van der Waals surface area contributed by atoms with Crippen molar-refractivity contribution >= 4 is 0 Å². The summed E-state index contributed by atoms with van der Waals surface area (Å²) in [5, 5.41) is 0. The van der Waals surface area contributed by atoms with Gasteiger partial charge in [-0.15, -0.1) is 108 Å². The van der Waals surface area contributed by atoms with Crippen LogP contribution in [0.2, 0.25) is 0 Å². The van der Waals surface area contributed by atoms with Crippen molar-refractivity contribution in [2.24, 2.45) is 0 Å². The third-order valence-electron chi connectivity index (χ3n) is 16.1. The number of benzene rings is 9. The molecular formula is C81H81IrN6. The van der Waals surface area contributed by atoms with Gasteiger partial charge in [-0.3, -0.25) is 15.0 Å². The van der Waals surface area contributed by atoms with E-state index in [-0.39, 0.29) is 20.1 Å².